The zero-order valence-electron chi connectivity index (χ0n) is 39.7. The second kappa shape index (κ2) is 24.0. The topological polar surface area (TPSA) is 81.5 Å². The molecule has 8 aliphatic heterocycles. The van der Waals surface area contributed by atoms with E-state index in [1.807, 2.05) is 0 Å². The standard InChI is InChI=1S/C30H59N5.C13H25N3.C6H14N2/c1-4-6-26(7-5-2)21-35-23-29(24-35,12-15-31)11-8-28-22-34(20-27-9-18-33(3)19-10-27)25-30(28)13-16-32-17-14-30;1-15-6-2-12(3-7-15)8-16-10-13(11-16)4-5-14-9-13;1-2-8-5-3-7-4-6-8/h26-28,32H,4-25,31H2,1-3H3;12,14H,2-11H2,1H3;7H,2-6H2,1H3/t28-;;/m1../s1. The maximum atomic E-state index is 6.18. The number of piperidine rings is 3. The van der Waals surface area contributed by atoms with Gasteiger partial charge in [-0.15, -0.1) is 0 Å². The molecule has 10 nitrogen and oxygen atoms in total. The van der Waals surface area contributed by atoms with E-state index >= 15 is 0 Å². The Balaban J connectivity index is 0.000000197. The molecule has 8 saturated heterocycles. The smallest absolute Gasteiger partial charge is 0.0107 e. The van der Waals surface area contributed by atoms with Gasteiger partial charge in [-0.1, -0.05) is 33.6 Å². The van der Waals surface area contributed by atoms with Crippen molar-refractivity contribution in [2.24, 2.45) is 45.7 Å². The van der Waals surface area contributed by atoms with Crippen molar-refractivity contribution in [3.05, 3.63) is 0 Å². The molecule has 8 aliphatic rings. The van der Waals surface area contributed by atoms with Crippen molar-refractivity contribution in [1.82, 2.24) is 45.3 Å². The average molecular weight is 827 g/mol. The monoisotopic (exact) mass is 827 g/mol. The molecular formula is C49H98N10. The highest BCUT2D eigenvalue weighted by atomic mass is 15.2. The molecule has 8 fully saturated rings. The normalized spacial score (nSPS) is 28.6. The van der Waals surface area contributed by atoms with Gasteiger partial charge >= 0.3 is 0 Å². The minimum Gasteiger partial charge on any atom is -0.330 e. The summed E-state index contributed by atoms with van der Waals surface area (Å²) in [5.74, 6) is 3.70. The van der Waals surface area contributed by atoms with Crippen LogP contribution >= 0.6 is 0 Å². The van der Waals surface area contributed by atoms with Crippen molar-refractivity contribution in [2.75, 3.05) is 165 Å². The first kappa shape index (κ1) is 48.1. The third kappa shape index (κ3) is 14.3. The van der Waals surface area contributed by atoms with Gasteiger partial charge in [0, 0.05) is 97.0 Å². The van der Waals surface area contributed by atoms with E-state index < -0.39 is 0 Å². The SMILES string of the molecule is CCCC(CCC)CN1CC(CCN)(CC[C@@H]2CN(CC3CCN(C)CC3)CC23CCNCC3)C1.CCN1CCNCC1.CN1CCC(CN2CC3(CCNC3)C2)CC1. The summed E-state index contributed by atoms with van der Waals surface area (Å²) in [4.78, 5) is 15.8. The summed E-state index contributed by atoms with van der Waals surface area (Å²) in [5.41, 5.74) is 7.96. The molecule has 0 amide bonds. The number of nitrogens with zero attached hydrogens (tertiary/aromatic N) is 6. The largest absolute Gasteiger partial charge is 0.330 e. The average Bonchev–Trinajstić information content (AvgIpc) is 3.84. The third-order valence-corrected chi connectivity index (χ3v) is 17.0. The van der Waals surface area contributed by atoms with Crippen LogP contribution in [0, 0.1) is 39.9 Å². The van der Waals surface area contributed by atoms with Crippen molar-refractivity contribution in [1.29, 1.82) is 0 Å². The summed E-state index contributed by atoms with van der Waals surface area (Å²) in [6.07, 6.45) is 19.4. The highest BCUT2D eigenvalue weighted by Gasteiger charge is 2.49. The van der Waals surface area contributed by atoms with Crippen molar-refractivity contribution in [2.45, 2.75) is 111 Å². The van der Waals surface area contributed by atoms with Gasteiger partial charge in [0.2, 0.25) is 0 Å². The fourth-order valence-electron chi connectivity index (χ4n) is 13.3. The zero-order valence-corrected chi connectivity index (χ0v) is 39.7. The van der Waals surface area contributed by atoms with Gasteiger partial charge in [-0.3, -0.25) is 0 Å². The summed E-state index contributed by atoms with van der Waals surface area (Å²) < 4.78 is 0. The van der Waals surface area contributed by atoms with E-state index in [0.717, 1.165) is 30.2 Å². The van der Waals surface area contributed by atoms with Crippen LogP contribution in [0.3, 0.4) is 0 Å². The van der Waals surface area contributed by atoms with Gasteiger partial charge in [0.15, 0.2) is 0 Å². The molecule has 0 aromatic carbocycles. The van der Waals surface area contributed by atoms with Gasteiger partial charge in [-0.05, 0) is 185 Å². The molecule has 0 unspecified atom stereocenters. The van der Waals surface area contributed by atoms with Crippen LogP contribution in [0.2, 0.25) is 0 Å². The molecular weight excluding hydrogens is 729 g/mol. The lowest BCUT2D eigenvalue weighted by atomic mass is 9.65. The quantitative estimate of drug-likeness (QED) is 0.174. The highest BCUT2D eigenvalue weighted by Crippen LogP contribution is 2.49. The molecule has 344 valence electrons. The molecule has 0 saturated carbocycles. The highest BCUT2D eigenvalue weighted by molar-refractivity contribution is 5.03. The van der Waals surface area contributed by atoms with E-state index in [-0.39, 0.29) is 0 Å². The summed E-state index contributed by atoms with van der Waals surface area (Å²) in [5, 5.41) is 10.5. The van der Waals surface area contributed by atoms with Crippen molar-refractivity contribution in [3.63, 3.8) is 0 Å². The number of piperazine rings is 1. The molecule has 59 heavy (non-hydrogen) atoms. The Kier molecular flexibility index (Phi) is 19.6. The van der Waals surface area contributed by atoms with E-state index in [2.05, 4.69) is 80.2 Å². The number of rotatable bonds is 16. The lowest BCUT2D eigenvalue weighted by Crippen LogP contribution is -2.58. The summed E-state index contributed by atoms with van der Waals surface area (Å²) in [6, 6.07) is 0. The van der Waals surface area contributed by atoms with Crippen LogP contribution in [0.4, 0.5) is 0 Å². The maximum Gasteiger partial charge on any atom is 0.0107 e. The number of nitrogens with two attached hydrogens (primary N) is 1. The number of likely N-dealkylation sites (tertiary alicyclic amines) is 5. The van der Waals surface area contributed by atoms with Crippen LogP contribution < -0.4 is 21.7 Å². The van der Waals surface area contributed by atoms with Crippen LogP contribution in [0.25, 0.3) is 0 Å². The van der Waals surface area contributed by atoms with Crippen LogP contribution in [0.15, 0.2) is 0 Å². The fourth-order valence-corrected chi connectivity index (χ4v) is 13.3. The van der Waals surface area contributed by atoms with E-state index in [0.29, 0.717) is 16.2 Å². The Bertz CT molecular complexity index is 1120. The van der Waals surface area contributed by atoms with Crippen molar-refractivity contribution < 1.29 is 0 Å². The van der Waals surface area contributed by atoms with Gasteiger partial charge < -0.3 is 51.1 Å². The Labute approximate surface area is 365 Å². The predicted molar refractivity (Wildman–Crippen MR) is 251 cm³/mol. The number of hydrogen-bond acceptors (Lipinski definition) is 10. The van der Waals surface area contributed by atoms with Crippen LogP contribution in [-0.2, 0) is 0 Å². The van der Waals surface area contributed by atoms with Gasteiger partial charge in [-0.25, -0.2) is 0 Å². The first-order valence-corrected chi connectivity index (χ1v) is 25.8. The van der Waals surface area contributed by atoms with Crippen LogP contribution in [-0.4, -0.2) is 194 Å². The zero-order chi connectivity index (χ0) is 41.6. The Morgan fingerprint density at radius 1 is 0.610 bits per heavy atom. The van der Waals surface area contributed by atoms with Gasteiger partial charge in [0.05, 0.1) is 0 Å². The molecule has 0 aromatic heterocycles. The molecule has 5 N–H and O–H groups in total. The second-order valence-corrected chi connectivity index (χ2v) is 22.0. The van der Waals surface area contributed by atoms with E-state index in [4.69, 9.17) is 5.73 Å². The molecule has 1 atom stereocenters. The van der Waals surface area contributed by atoms with Crippen LogP contribution in [0.1, 0.15) is 111 Å². The van der Waals surface area contributed by atoms with Crippen molar-refractivity contribution in [3.8, 4) is 0 Å². The Morgan fingerprint density at radius 3 is 1.71 bits per heavy atom. The summed E-state index contributed by atoms with van der Waals surface area (Å²) >= 11 is 0. The molecule has 2 spiro atoms. The predicted octanol–water partition coefficient (Wildman–Crippen LogP) is 4.81. The minimum atomic E-state index is 0.507. The lowest BCUT2D eigenvalue weighted by Gasteiger charge is -2.52. The van der Waals surface area contributed by atoms with Crippen LogP contribution in [0.5, 0.6) is 0 Å². The minimum absolute atomic E-state index is 0.507. The third-order valence-electron chi connectivity index (χ3n) is 17.0. The maximum absolute atomic E-state index is 6.18. The second-order valence-electron chi connectivity index (χ2n) is 22.0. The molecule has 0 aromatic rings. The van der Waals surface area contributed by atoms with Gasteiger partial charge in [-0.2, -0.15) is 0 Å². The Morgan fingerprint density at radius 2 is 1.19 bits per heavy atom. The first-order chi connectivity index (χ1) is 28.7. The molecule has 8 rings (SSSR count). The molecule has 0 aliphatic carbocycles. The number of nitrogens with one attached hydrogen (secondary N) is 3. The number of likely N-dealkylation sites (N-methyl/N-ethyl adjacent to an activating group) is 1. The van der Waals surface area contributed by atoms with Gasteiger partial charge in [0.25, 0.3) is 0 Å². The molecule has 0 radical (unpaired) electrons. The lowest BCUT2D eigenvalue weighted by molar-refractivity contribution is -0.0302. The molecule has 10 heteroatoms. The summed E-state index contributed by atoms with van der Waals surface area (Å²) in [6.45, 7) is 36.2. The molecule has 0 bridgehead atoms. The first-order valence-electron chi connectivity index (χ1n) is 25.8. The van der Waals surface area contributed by atoms with Crippen molar-refractivity contribution >= 4 is 0 Å². The van der Waals surface area contributed by atoms with E-state index in [1.54, 1.807) is 0 Å². The van der Waals surface area contributed by atoms with E-state index in [1.165, 1.54) is 234 Å². The fraction of sp³-hybridized carbons (Fsp3) is 1.00. The number of hydrogen-bond donors (Lipinski definition) is 4. The van der Waals surface area contributed by atoms with E-state index in [9.17, 15) is 0 Å². The molecule has 8 heterocycles. The Hall–Kier alpha value is -0.400. The van der Waals surface area contributed by atoms with Gasteiger partial charge in [0.1, 0.15) is 0 Å². The summed E-state index contributed by atoms with van der Waals surface area (Å²) in [7, 11) is 4.54.